The van der Waals surface area contributed by atoms with Crippen molar-refractivity contribution in [3.63, 3.8) is 0 Å². The second-order valence-corrected chi connectivity index (χ2v) is 10.9. The zero-order valence-corrected chi connectivity index (χ0v) is 16.9. The maximum absolute atomic E-state index is 12.5. The molecule has 0 aromatic heterocycles. The number of hydrogen-bond donors (Lipinski definition) is 2. The third-order valence-corrected chi connectivity index (χ3v) is 7.99. The van der Waals surface area contributed by atoms with Gasteiger partial charge in [0, 0.05) is 23.7 Å². The summed E-state index contributed by atoms with van der Waals surface area (Å²) in [5.74, 6) is 0. The van der Waals surface area contributed by atoms with Gasteiger partial charge in [0.15, 0.2) is 0 Å². The molecule has 0 saturated carbocycles. The van der Waals surface area contributed by atoms with Crippen LogP contribution in [0.25, 0.3) is 0 Å². The molecule has 2 unspecified atom stereocenters. The summed E-state index contributed by atoms with van der Waals surface area (Å²) in [6.45, 7) is 1.03. The molecular weight excluding hydrogens is 370 g/mol. The smallest absolute Gasteiger partial charge is 0.243 e. The number of hydrogen-bond acceptors (Lipinski definition) is 4. The highest BCUT2D eigenvalue weighted by Crippen LogP contribution is 2.40. The van der Waals surface area contributed by atoms with Crippen molar-refractivity contribution >= 4 is 25.3 Å². The average molecular weight is 396 g/mol. The van der Waals surface area contributed by atoms with E-state index in [9.17, 15) is 18.9 Å². The van der Waals surface area contributed by atoms with Crippen molar-refractivity contribution in [1.82, 2.24) is 9.80 Å². The molecule has 2 atom stereocenters. The molecule has 0 aliphatic carbocycles. The Morgan fingerprint density at radius 2 is 1.00 bits per heavy atom. The summed E-state index contributed by atoms with van der Waals surface area (Å²) in [4.78, 5) is 24.1. The van der Waals surface area contributed by atoms with Crippen LogP contribution in [0.1, 0.15) is 0 Å². The third kappa shape index (κ3) is 6.17. The van der Waals surface area contributed by atoms with Crippen LogP contribution in [-0.2, 0) is 9.13 Å². The molecule has 0 heterocycles. The average Bonchev–Trinajstić information content (AvgIpc) is 2.61. The molecule has 0 radical (unpaired) electrons. The maximum atomic E-state index is 12.5. The minimum Gasteiger partial charge on any atom is -0.340 e. The molecule has 0 fully saturated rings. The highest BCUT2D eigenvalue weighted by Gasteiger charge is 2.25. The van der Waals surface area contributed by atoms with Crippen molar-refractivity contribution in [1.29, 1.82) is 0 Å². The van der Waals surface area contributed by atoms with Crippen LogP contribution in [0.15, 0.2) is 60.7 Å². The number of benzene rings is 2. The van der Waals surface area contributed by atoms with Gasteiger partial charge in [0.25, 0.3) is 0 Å². The molecule has 6 nitrogen and oxygen atoms in total. The summed E-state index contributed by atoms with van der Waals surface area (Å²) in [7, 11) is -3.35. The van der Waals surface area contributed by atoms with E-state index in [0.717, 1.165) is 0 Å². The predicted octanol–water partition coefficient (Wildman–Crippen LogP) is 1.96. The second kappa shape index (κ2) is 9.09. The summed E-state index contributed by atoms with van der Waals surface area (Å²) in [5.41, 5.74) is 0. The summed E-state index contributed by atoms with van der Waals surface area (Å²) < 4.78 is 25.0. The molecule has 0 bridgehead atoms. The lowest BCUT2D eigenvalue weighted by Crippen LogP contribution is -2.33. The Labute approximate surface area is 155 Å². The number of rotatable bonds is 9. The highest BCUT2D eigenvalue weighted by molar-refractivity contribution is 7.66. The Morgan fingerprint density at radius 1 is 0.692 bits per heavy atom. The standard InChI is InChI=1S/C18H26N2O4P2/c1-19(15-25(21,22)17-9-5-3-6-10-17)13-14-20(2)16-26(23,24)18-11-7-4-8-12-18/h3-12H,13-16H2,1-2H3,(H,21,22)(H,23,24). The third-order valence-electron chi connectivity index (χ3n) is 4.05. The van der Waals surface area contributed by atoms with Crippen molar-refractivity contribution < 1.29 is 18.9 Å². The lowest BCUT2D eigenvalue weighted by atomic mass is 10.4. The van der Waals surface area contributed by atoms with E-state index in [-0.39, 0.29) is 12.6 Å². The Hall–Kier alpha value is -1.26. The van der Waals surface area contributed by atoms with Crippen LogP contribution in [0.4, 0.5) is 0 Å². The minimum absolute atomic E-state index is 0.0420. The first-order valence-electron chi connectivity index (χ1n) is 8.33. The fourth-order valence-corrected chi connectivity index (χ4v) is 5.82. The topological polar surface area (TPSA) is 81.1 Å². The van der Waals surface area contributed by atoms with E-state index in [1.807, 2.05) is 12.1 Å². The fourth-order valence-electron chi connectivity index (χ4n) is 2.62. The molecule has 142 valence electrons. The summed E-state index contributed by atoms with van der Waals surface area (Å²) in [6.07, 6.45) is 0.0840. The van der Waals surface area contributed by atoms with Crippen LogP contribution in [0.3, 0.4) is 0 Å². The van der Waals surface area contributed by atoms with Crippen LogP contribution >= 0.6 is 14.7 Å². The van der Waals surface area contributed by atoms with E-state index in [2.05, 4.69) is 0 Å². The summed E-state index contributed by atoms with van der Waals surface area (Å²) in [5, 5.41) is 0.869. The van der Waals surface area contributed by atoms with Gasteiger partial charge >= 0.3 is 0 Å². The largest absolute Gasteiger partial charge is 0.340 e. The minimum atomic E-state index is -3.45. The van der Waals surface area contributed by atoms with Crippen molar-refractivity contribution in [3.8, 4) is 0 Å². The Morgan fingerprint density at radius 3 is 1.31 bits per heavy atom. The monoisotopic (exact) mass is 396 g/mol. The van der Waals surface area contributed by atoms with Crippen LogP contribution in [0.2, 0.25) is 0 Å². The van der Waals surface area contributed by atoms with E-state index in [4.69, 9.17) is 0 Å². The molecule has 2 rings (SSSR count). The van der Waals surface area contributed by atoms with Gasteiger partial charge in [-0.3, -0.25) is 18.9 Å². The lowest BCUT2D eigenvalue weighted by Gasteiger charge is -2.25. The molecular formula is C18H26N2O4P2. The van der Waals surface area contributed by atoms with E-state index in [1.54, 1.807) is 72.4 Å². The van der Waals surface area contributed by atoms with Crippen LogP contribution in [-0.4, -0.2) is 59.3 Å². The van der Waals surface area contributed by atoms with Gasteiger partial charge in [-0.2, -0.15) is 0 Å². The molecule has 2 aromatic carbocycles. The van der Waals surface area contributed by atoms with Crippen LogP contribution in [0.5, 0.6) is 0 Å². The Kier molecular flexibility index (Phi) is 7.36. The summed E-state index contributed by atoms with van der Waals surface area (Å²) >= 11 is 0. The molecule has 0 spiro atoms. The Balaban J connectivity index is 1.86. The second-order valence-electron chi connectivity index (χ2n) is 6.52. The molecule has 0 aliphatic rings. The van der Waals surface area contributed by atoms with Gasteiger partial charge in [0.1, 0.15) is 0 Å². The molecule has 0 amide bonds. The molecule has 2 N–H and O–H groups in total. The zero-order valence-electron chi connectivity index (χ0n) is 15.1. The predicted molar refractivity (Wildman–Crippen MR) is 107 cm³/mol. The van der Waals surface area contributed by atoms with Crippen molar-refractivity contribution in [2.75, 3.05) is 39.8 Å². The van der Waals surface area contributed by atoms with Crippen LogP contribution in [0, 0.1) is 0 Å². The zero-order chi connectivity index (χ0) is 19.2. The van der Waals surface area contributed by atoms with Crippen molar-refractivity contribution in [3.05, 3.63) is 60.7 Å². The Bertz CT molecular complexity index is 719. The van der Waals surface area contributed by atoms with E-state index < -0.39 is 14.7 Å². The molecule has 8 heteroatoms. The van der Waals surface area contributed by atoms with Crippen molar-refractivity contribution in [2.24, 2.45) is 0 Å². The SMILES string of the molecule is CN(CCN(C)CP(=O)(O)c1ccccc1)CP(=O)(O)c1ccccc1. The van der Waals surface area contributed by atoms with Gasteiger partial charge in [0.05, 0.1) is 12.6 Å². The quantitative estimate of drug-likeness (QED) is 0.631. The lowest BCUT2D eigenvalue weighted by molar-refractivity contribution is 0.288. The number of nitrogens with zero attached hydrogens (tertiary/aromatic N) is 2. The van der Waals surface area contributed by atoms with E-state index in [0.29, 0.717) is 23.7 Å². The first-order valence-corrected chi connectivity index (χ1v) is 12.0. The van der Waals surface area contributed by atoms with Gasteiger partial charge in [-0.1, -0.05) is 36.4 Å². The van der Waals surface area contributed by atoms with Gasteiger partial charge in [0.2, 0.25) is 14.7 Å². The van der Waals surface area contributed by atoms with Crippen molar-refractivity contribution in [2.45, 2.75) is 0 Å². The number of likely N-dealkylation sites (N-methyl/N-ethyl adjacent to an activating group) is 2. The van der Waals surface area contributed by atoms with Gasteiger partial charge in [-0.05, 0) is 38.4 Å². The summed E-state index contributed by atoms with van der Waals surface area (Å²) in [6, 6.07) is 17.2. The molecule has 2 aromatic rings. The van der Waals surface area contributed by atoms with Crippen LogP contribution < -0.4 is 10.6 Å². The highest BCUT2D eigenvalue weighted by atomic mass is 31.2. The van der Waals surface area contributed by atoms with E-state index >= 15 is 0 Å². The first-order chi connectivity index (χ1) is 12.2. The maximum Gasteiger partial charge on any atom is 0.243 e. The molecule has 0 aliphatic heterocycles. The van der Waals surface area contributed by atoms with Gasteiger partial charge in [-0.15, -0.1) is 0 Å². The fraction of sp³-hybridized carbons (Fsp3) is 0.333. The normalized spacial score (nSPS) is 16.4. The molecule has 26 heavy (non-hydrogen) atoms. The molecule has 0 saturated heterocycles. The first kappa shape index (κ1) is 21.0. The van der Waals surface area contributed by atoms with Gasteiger partial charge < -0.3 is 9.79 Å². The van der Waals surface area contributed by atoms with Gasteiger partial charge in [-0.25, -0.2) is 0 Å². The van der Waals surface area contributed by atoms with E-state index in [1.165, 1.54) is 0 Å².